The Hall–Kier alpha value is -1.64. The monoisotopic (exact) mass is 194 g/mol. The van der Waals surface area contributed by atoms with Crippen LogP contribution in [-0.4, -0.2) is 13.1 Å². The summed E-state index contributed by atoms with van der Waals surface area (Å²) in [4.78, 5) is 11.1. The minimum Gasteiger partial charge on any atom is -0.465 e. The van der Waals surface area contributed by atoms with Gasteiger partial charge in [0.15, 0.2) is 0 Å². The summed E-state index contributed by atoms with van der Waals surface area (Å²) in [5.41, 5.74) is 1.42. The first-order chi connectivity index (χ1) is 6.60. The first-order valence-corrected chi connectivity index (χ1v) is 4.11. The second kappa shape index (κ2) is 4.05. The molecule has 0 fully saturated rings. The topological polar surface area (TPSA) is 26.3 Å². The molecule has 1 aromatic carbocycles. The van der Waals surface area contributed by atoms with Crippen LogP contribution in [-0.2, 0) is 4.74 Å². The molecule has 0 bridgehead atoms. The van der Waals surface area contributed by atoms with Gasteiger partial charge in [-0.25, -0.2) is 9.18 Å². The van der Waals surface area contributed by atoms with Gasteiger partial charge in [-0.3, -0.25) is 0 Å². The fraction of sp³-hybridized carbons (Fsp3) is 0.182. The van der Waals surface area contributed by atoms with Gasteiger partial charge < -0.3 is 4.74 Å². The van der Waals surface area contributed by atoms with E-state index in [0.29, 0.717) is 5.56 Å². The molecule has 74 valence electrons. The summed E-state index contributed by atoms with van der Waals surface area (Å²) in [7, 11) is 1.22. The maximum atomic E-state index is 13.3. The van der Waals surface area contributed by atoms with E-state index >= 15 is 0 Å². The Labute approximate surface area is 82.0 Å². The number of ether oxygens (including phenoxy) is 1. The molecule has 0 radical (unpaired) electrons. The number of carbonyl (C=O) groups is 1. The van der Waals surface area contributed by atoms with E-state index in [4.69, 9.17) is 0 Å². The van der Waals surface area contributed by atoms with E-state index in [1.54, 1.807) is 13.0 Å². The molecular weight excluding hydrogens is 183 g/mol. The highest BCUT2D eigenvalue weighted by molar-refractivity contribution is 5.90. The number of methoxy groups -OCH3 is 1. The number of rotatable bonds is 2. The number of aryl methyl sites for hydroxylation is 1. The van der Waals surface area contributed by atoms with Gasteiger partial charge in [0.2, 0.25) is 0 Å². The van der Waals surface area contributed by atoms with Crippen molar-refractivity contribution in [1.29, 1.82) is 0 Å². The zero-order chi connectivity index (χ0) is 10.7. The van der Waals surface area contributed by atoms with Crippen LogP contribution in [0, 0.1) is 12.7 Å². The van der Waals surface area contributed by atoms with E-state index in [-0.39, 0.29) is 5.56 Å². The van der Waals surface area contributed by atoms with E-state index in [9.17, 15) is 9.18 Å². The second-order valence-electron chi connectivity index (χ2n) is 2.88. The number of esters is 1. The van der Waals surface area contributed by atoms with E-state index in [1.165, 1.54) is 19.2 Å². The number of halogens is 1. The van der Waals surface area contributed by atoms with Crippen molar-refractivity contribution in [3.63, 3.8) is 0 Å². The lowest BCUT2D eigenvalue weighted by atomic mass is 10.0. The summed E-state index contributed by atoms with van der Waals surface area (Å²) in [6.07, 6.45) is 1.54. The number of hydrogen-bond acceptors (Lipinski definition) is 2. The van der Waals surface area contributed by atoms with Gasteiger partial charge in [0.05, 0.1) is 12.7 Å². The first kappa shape index (κ1) is 10.4. The molecular formula is C11H11FO2. The molecule has 0 amide bonds. The second-order valence-corrected chi connectivity index (χ2v) is 2.88. The molecule has 0 aromatic heterocycles. The molecule has 0 N–H and O–H groups in total. The molecule has 2 nitrogen and oxygen atoms in total. The maximum Gasteiger partial charge on any atom is 0.340 e. The summed E-state index contributed by atoms with van der Waals surface area (Å²) in [6.45, 7) is 5.33. The number of benzene rings is 1. The standard InChI is InChI=1S/C11H11FO2/c1-4-8-6-10(12)9(5-7(8)2)11(13)14-3/h4-6H,1H2,2-3H3. The summed E-state index contributed by atoms with van der Waals surface area (Å²) < 4.78 is 17.7. The van der Waals surface area contributed by atoms with Crippen molar-refractivity contribution < 1.29 is 13.9 Å². The zero-order valence-corrected chi connectivity index (χ0v) is 8.13. The van der Waals surface area contributed by atoms with Crippen LogP contribution in [0.15, 0.2) is 18.7 Å². The minimum absolute atomic E-state index is 0.0457. The van der Waals surface area contributed by atoms with E-state index in [2.05, 4.69) is 11.3 Å². The van der Waals surface area contributed by atoms with E-state index < -0.39 is 11.8 Å². The molecule has 1 rings (SSSR count). The fourth-order valence-electron chi connectivity index (χ4n) is 1.18. The Bertz CT molecular complexity index is 383. The molecule has 3 heteroatoms. The molecule has 0 atom stereocenters. The van der Waals surface area contributed by atoms with Crippen LogP contribution >= 0.6 is 0 Å². The molecule has 0 aliphatic heterocycles. The highest BCUT2D eigenvalue weighted by Gasteiger charge is 2.13. The van der Waals surface area contributed by atoms with Gasteiger partial charge in [-0.05, 0) is 30.2 Å². The number of hydrogen-bond donors (Lipinski definition) is 0. The van der Waals surface area contributed by atoms with Gasteiger partial charge in [-0.1, -0.05) is 12.7 Å². The Morgan fingerprint density at radius 1 is 1.57 bits per heavy atom. The highest BCUT2D eigenvalue weighted by atomic mass is 19.1. The van der Waals surface area contributed by atoms with Crippen LogP contribution in [0.2, 0.25) is 0 Å². The molecule has 0 unspecified atom stereocenters. The van der Waals surface area contributed by atoms with Crippen LogP contribution < -0.4 is 0 Å². The van der Waals surface area contributed by atoms with E-state index in [0.717, 1.165) is 5.56 Å². The fourth-order valence-corrected chi connectivity index (χ4v) is 1.18. The van der Waals surface area contributed by atoms with Crippen molar-refractivity contribution in [3.8, 4) is 0 Å². The van der Waals surface area contributed by atoms with Gasteiger partial charge in [0.1, 0.15) is 5.82 Å². The summed E-state index contributed by atoms with van der Waals surface area (Å²) in [6, 6.07) is 2.73. The zero-order valence-electron chi connectivity index (χ0n) is 8.13. The Morgan fingerprint density at radius 2 is 2.21 bits per heavy atom. The van der Waals surface area contributed by atoms with Crippen molar-refractivity contribution in [1.82, 2.24) is 0 Å². The molecule has 0 aliphatic carbocycles. The average Bonchev–Trinajstić information content (AvgIpc) is 2.19. The number of carbonyl (C=O) groups excluding carboxylic acids is 1. The Morgan fingerprint density at radius 3 is 2.71 bits per heavy atom. The van der Waals surface area contributed by atoms with Crippen molar-refractivity contribution >= 4 is 12.0 Å². The van der Waals surface area contributed by atoms with Gasteiger partial charge in [0, 0.05) is 0 Å². The summed E-state index contributed by atoms with van der Waals surface area (Å²) >= 11 is 0. The SMILES string of the molecule is C=Cc1cc(F)c(C(=O)OC)cc1C. The highest BCUT2D eigenvalue weighted by Crippen LogP contribution is 2.17. The molecule has 0 heterocycles. The van der Waals surface area contributed by atoms with Crippen molar-refractivity contribution in [2.45, 2.75) is 6.92 Å². The predicted molar refractivity (Wildman–Crippen MR) is 52.6 cm³/mol. The van der Waals surface area contributed by atoms with Crippen LogP contribution in [0.3, 0.4) is 0 Å². The van der Waals surface area contributed by atoms with Crippen LogP contribution in [0.1, 0.15) is 21.5 Å². The van der Waals surface area contributed by atoms with Gasteiger partial charge in [-0.2, -0.15) is 0 Å². The summed E-state index contributed by atoms with van der Waals surface area (Å²) in [5, 5.41) is 0. The lowest BCUT2D eigenvalue weighted by molar-refractivity contribution is 0.0595. The van der Waals surface area contributed by atoms with Gasteiger partial charge >= 0.3 is 5.97 Å². The van der Waals surface area contributed by atoms with Gasteiger partial charge in [-0.15, -0.1) is 0 Å². The molecule has 0 saturated heterocycles. The molecule has 14 heavy (non-hydrogen) atoms. The van der Waals surface area contributed by atoms with Crippen LogP contribution in [0.5, 0.6) is 0 Å². The summed E-state index contributed by atoms with van der Waals surface area (Å²) in [5.74, 6) is -1.25. The molecule has 1 aromatic rings. The third-order valence-electron chi connectivity index (χ3n) is 1.98. The Balaban J connectivity index is 3.28. The third kappa shape index (κ3) is 1.82. The third-order valence-corrected chi connectivity index (χ3v) is 1.98. The molecule has 0 aliphatic rings. The quantitative estimate of drug-likeness (QED) is 0.676. The maximum absolute atomic E-state index is 13.3. The normalized spacial score (nSPS) is 9.64. The van der Waals surface area contributed by atoms with Crippen LogP contribution in [0.4, 0.5) is 4.39 Å². The lowest BCUT2D eigenvalue weighted by Crippen LogP contribution is -2.05. The predicted octanol–water partition coefficient (Wildman–Crippen LogP) is 2.56. The molecule has 0 saturated carbocycles. The lowest BCUT2D eigenvalue weighted by Gasteiger charge is -2.05. The van der Waals surface area contributed by atoms with Crippen molar-refractivity contribution in [2.75, 3.05) is 7.11 Å². The minimum atomic E-state index is -0.666. The Kier molecular flexibility index (Phi) is 3.02. The van der Waals surface area contributed by atoms with Crippen molar-refractivity contribution in [3.05, 3.63) is 41.2 Å². The molecule has 0 spiro atoms. The largest absolute Gasteiger partial charge is 0.465 e. The van der Waals surface area contributed by atoms with Crippen molar-refractivity contribution in [2.24, 2.45) is 0 Å². The first-order valence-electron chi connectivity index (χ1n) is 4.11. The van der Waals surface area contributed by atoms with Gasteiger partial charge in [0.25, 0.3) is 0 Å². The van der Waals surface area contributed by atoms with Crippen LogP contribution in [0.25, 0.3) is 6.08 Å². The smallest absolute Gasteiger partial charge is 0.340 e. The van der Waals surface area contributed by atoms with E-state index in [1.807, 2.05) is 0 Å². The average molecular weight is 194 g/mol.